The van der Waals surface area contributed by atoms with E-state index in [4.69, 9.17) is 4.42 Å². The number of hydrogen-bond acceptors (Lipinski definition) is 5. The number of hydrogen-bond donors (Lipinski definition) is 3. The molecule has 3 N–H and O–H groups in total. The van der Waals surface area contributed by atoms with Crippen molar-refractivity contribution in [3.63, 3.8) is 0 Å². The molecule has 0 saturated heterocycles. The summed E-state index contributed by atoms with van der Waals surface area (Å²) in [5.41, 5.74) is -0.681. The van der Waals surface area contributed by atoms with Crippen LogP contribution in [0.5, 0.6) is 0 Å². The molecule has 4 fully saturated rings. The Morgan fingerprint density at radius 2 is 1.86 bits per heavy atom. The van der Waals surface area contributed by atoms with Crippen molar-refractivity contribution in [2.45, 2.75) is 88.9 Å². The molecule has 5 nitrogen and oxygen atoms in total. The fourth-order valence-electron chi connectivity index (χ4n) is 8.41. The maximum Gasteiger partial charge on any atom is 0.335 e. The van der Waals surface area contributed by atoms with Crippen LogP contribution in [0.3, 0.4) is 0 Å². The molecule has 0 aliphatic heterocycles. The van der Waals surface area contributed by atoms with Gasteiger partial charge in [0.2, 0.25) is 0 Å². The molecule has 29 heavy (non-hydrogen) atoms. The lowest BCUT2D eigenvalue weighted by Crippen LogP contribution is -2.66. The van der Waals surface area contributed by atoms with Crippen LogP contribution in [0, 0.1) is 28.6 Å². The number of aliphatic hydroxyl groups is 3. The van der Waals surface area contributed by atoms with Crippen molar-refractivity contribution in [1.82, 2.24) is 0 Å². The molecule has 0 bridgehead atoms. The molecule has 4 aliphatic rings. The molecule has 4 saturated carbocycles. The zero-order valence-corrected chi connectivity index (χ0v) is 17.5. The van der Waals surface area contributed by atoms with Crippen LogP contribution in [0.4, 0.5) is 0 Å². The van der Waals surface area contributed by atoms with E-state index in [-0.39, 0.29) is 34.9 Å². The van der Waals surface area contributed by atoms with Gasteiger partial charge in [-0.15, -0.1) is 0 Å². The molecule has 160 valence electrons. The van der Waals surface area contributed by atoms with Gasteiger partial charge in [0.25, 0.3) is 0 Å². The largest absolute Gasteiger partial charge is 0.431 e. The number of rotatable bonds is 1. The zero-order chi connectivity index (χ0) is 20.6. The molecule has 1 aromatic rings. The summed E-state index contributed by atoms with van der Waals surface area (Å²) in [6.07, 6.45) is 7.49. The van der Waals surface area contributed by atoms with Crippen LogP contribution in [0.1, 0.15) is 76.7 Å². The van der Waals surface area contributed by atoms with Gasteiger partial charge in [0.15, 0.2) is 0 Å². The topological polar surface area (TPSA) is 90.9 Å². The average Bonchev–Trinajstić information content (AvgIpc) is 2.94. The minimum atomic E-state index is -0.818. The van der Waals surface area contributed by atoms with Gasteiger partial charge < -0.3 is 19.7 Å². The molecule has 0 aromatic carbocycles. The summed E-state index contributed by atoms with van der Waals surface area (Å²) in [4.78, 5) is 11.4. The van der Waals surface area contributed by atoms with E-state index in [1.54, 1.807) is 6.26 Å². The third-order valence-corrected chi connectivity index (χ3v) is 9.89. The highest BCUT2D eigenvalue weighted by Crippen LogP contribution is 2.70. The Balaban J connectivity index is 1.52. The fraction of sp³-hybridized carbons (Fsp3) is 0.792. The van der Waals surface area contributed by atoms with Crippen LogP contribution in [0.25, 0.3) is 0 Å². The zero-order valence-electron chi connectivity index (χ0n) is 17.5. The summed E-state index contributed by atoms with van der Waals surface area (Å²) in [5, 5.41) is 33.8. The Hall–Kier alpha value is -1.17. The minimum Gasteiger partial charge on any atom is -0.431 e. The Kier molecular flexibility index (Phi) is 4.37. The van der Waals surface area contributed by atoms with Gasteiger partial charge in [0.05, 0.1) is 24.1 Å². The second kappa shape index (κ2) is 6.41. The van der Waals surface area contributed by atoms with Crippen LogP contribution in [-0.4, -0.2) is 33.1 Å². The second-order valence-electron chi connectivity index (χ2n) is 10.9. The summed E-state index contributed by atoms with van der Waals surface area (Å²) in [6, 6.07) is 3.28. The van der Waals surface area contributed by atoms with Crippen molar-refractivity contribution < 1.29 is 19.7 Å². The molecule has 2 unspecified atom stereocenters. The highest BCUT2D eigenvalue weighted by atomic mass is 16.4. The standard InChI is InChI=1S/C24H34O5/c1-22-9-7-16(25)11-15(22)4-5-18-21(22)19(26)12-23(2)17(8-10-24(18,23)28)14-3-6-20(27)29-13-14/h3,6,13,15-19,21,25-26,28H,4-5,7-12H2,1-2H3/t15-,16+,17-,18-,19?,21?,22+,23-,24+/m1/s1. The van der Waals surface area contributed by atoms with Gasteiger partial charge in [0, 0.05) is 11.5 Å². The molecule has 0 spiro atoms. The van der Waals surface area contributed by atoms with Crippen LogP contribution < -0.4 is 5.63 Å². The van der Waals surface area contributed by atoms with E-state index in [1.165, 1.54) is 6.07 Å². The van der Waals surface area contributed by atoms with E-state index >= 15 is 0 Å². The van der Waals surface area contributed by atoms with Gasteiger partial charge in [-0.1, -0.05) is 13.8 Å². The third-order valence-electron chi connectivity index (χ3n) is 9.89. The first-order valence-corrected chi connectivity index (χ1v) is 11.4. The maximum atomic E-state index is 12.2. The maximum absolute atomic E-state index is 12.2. The van der Waals surface area contributed by atoms with Gasteiger partial charge >= 0.3 is 5.63 Å². The highest BCUT2D eigenvalue weighted by molar-refractivity contribution is 5.28. The van der Waals surface area contributed by atoms with E-state index in [9.17, 15) is 20.1 Å². The van der Waals surface area contributed by atoms with Crippen molar-refractivity contribution in [3.05, 3.63) is 34.4 Å². The Morgan fingerprint density at radius 3 is 2.59 bits per heavy atom. The van der Waals surface area contributed by atoms with Crippen molar-refractivity contribution >= 4 is 0 Å². The molecule has 5 heteroatoms. The van der Waals surface area contributed by atoms with E-state index in [0.29, 0.717) is 12.3 Å². The van der Waals surface area contributed by atoms with Gasteiger partial charge in [-0.05, 0) is 92.1 Å². The molecule has 1 heterocycles. The Labute approximate surface area is 172 Å². The monoisotopic (exact) mass is 402 g/mol. The van der Waals surface area contributed by atoms with Crippen LogP contribution in [0.2, 0.25) is 0 Å². The lowest BCUT2D eigenvalue weighted by atomic mass is 9.42. The van der Waals surface area contributed by atoms with E-state index in [1.807, 2.05) is 6.07 Å². The first-order chi connectivity index (χ1) is 13.7. The van der Waals surface area contributed by atoms with E-state index in [2.05, 4.69) is 13.8 Å². The molecule has 0 amide bonds. The predicted molar refractivity (Wildman–Crippen MR) is 108 cm³/mol. The smallest absolute Gasteiger partial charge is 0.335 e. The molecule has 1 aromatic heterocycles. The Bertz CT molecular complexity index is 829. The summed E-state index contributed by atoms with van der Waals surface area (Å²) >= 11 is 0. The van der Waals surface area contributed by atoms with Crippen molar-refractivity contribution in [3.8, 4) is 0 Å². The summed E-state index contributed by atoms with van der Waals surface area (Å²) in [7, 11) is 0. The van der Waals surface area contributed by atoms with Crippen LogP contribution in [-0.2, 0) is 0 Å². The Morgan fingerprint density at radius 1 is 1.07 bits per heavy atom. The summed E-state index contributed by atoms with van der Waals surface area (Å²) < 4.78 is 5.14. The quantitative estimate of drug-likeness (QED) is 0.671. The van der Waals surface area contributed by atoms with Crippen molar-refractivity contribution in [2.75, 3.05) is 0 Å². The summed E-state index contributed by atoms with van der Waals surface area (Å²) in [6.45, 7) is 4.43. The van der Waals surface area contributed by atoms with Crippen LogP contribution in [0.15, 0.2) is 27.6 Å². The number of aliphatic hydroxyl groups excluding tert-OH is 2. The summed E-state index contributed by atoms with van der Waals surface area (Å²) in [5.74, 6) is 0.662. The molecule has 0 radical (unpaired) electrons. The molecule has 4 aliphatic carbocycles. The molecular formula is C24H34O5. The van der Waals surface area contributed by atoms with Gasteiger partial charge in [-0.3, -0.25) is 0 Å². The van der Waals surface area contributed by atoms with Gasteiger partial charge in [-0.2, -0.15) is 0 Å². The average molecular weight is 403 g/mol. The number of fused-ring (bicyclic) bond motifs is 5. The SMILES string of the molecule is C[C@]12CC[C@H](O)C[C@H]1CC[C@@H]1C2C(O)C[C@]2(C)[C@@H](c3ccc(=O)oc3)CC[C@]12O. The van der Waals surface area contributed by atoms with Crippen molar-refractivity contribution in [1.29, 1.82) is 0 Å². The van der Waals surface area contributed by atoms with Gasteiger partial charge in [-0.25, -0.2) is 4.79 Å². The van der Waals surface area contributed by atoms with Crippen LogP contribution >= 0.6 is 0 Å². The van der Waals surface area contributed by atoms with E-state index < -0.39 is 17.1 Å². The van der Waals surface area contributed by atoms with E-state index in [0.717, 1.165) is 50.5 Å². The first kappa shape index (κ1) is 19.8. The fourth-order valence-corrected chi connectivity index (χ4v) is 8.41. The second-order valence-corrected chi connectivity index (χ2v) is 10.9. The molecular weight excluding hydrogens is 368 g/mol. The molecule has 5 rings (SSSR count). The molecule has 9 atom stereocenters. The van der Waals surface area contributed by atoms with Crippen molar-refractivity contribution in [2.24, 2.45) is 28.6 Å². The normalized spacial score (nSPS) is 51.8. The first-order valence-electron chi connectivity index (χ1n) is 11.4. The predicted octanol–water partition coefficient (Wildman–Crippen LogP) is 3.21. The lowest BCUT2D eigenvalue weighted by molar-refractivity contribution is -0.239. The third kappa shape index (κ3) is 2.60. The highest BCUT2D eigenvalue weighted by Gasteiger charge is 2.69. The minimum absolute atomic E-state index is 0.0176. The lowest BCUT2D eigenvalue weighted by Gasteiger charge is -2.65. The van der Waals surface area contributed by atoms with Gasteiger partial charge in [0.1, 0.15) is 0 Å².